The fraction of sp³-hybridized carbons (Fsp3) is 0.632. The lowest BCUT2D eigenvalue weighted by atomic mass is 9.86. The average molecular weight is 358 g/mol. The van der Waals surface area contributed by atoms with Gasteiger partial charge in [-0.2, -0.15) is 0 Å². The zero-order valence-corrected chi connectivity index (χ0v) is 15.3. The van der Waals surface area contributed by atoms with Gasteiger partial charge in [0, 0.05) is 63.9 Å². The Morgan fingerprint density at radius 2 is 1.85 bits per heavy atom. The van der Waals surface area contributed by atoms with Gasteiger partial charge < -0.3 is 19.4 Å². The van der Waals surface area contributed by atoms with E-state index in [4.69, 9.17) is 4.74 Å². The lowest BCUT2D eigenvalue weighted by Crippen LogP contribution is -2.57. The van der Waals surface area contributed by atoms with Gasteiger partial charge in [-0.1, -0.05) is 0 Å². The van der Waals surface area contributed by atoms with E-state index in [1.807, 2.05) is 16.8 Å². The Balaban J connectivity index is 1.45. The van der Waals surface area contributed by atoms with Gasteiger partial charge in [-0.05, 0) is 37.8 Å². The fourth-order valence-corrected chi connectivity index (χ4v) is 4.67. The van der Waals surface area contributed by atoms with E-state index in [1.165, 1.54) is 0 Å². The van der Waals surface area contributed by atoms with Crippen molar-refractivity contribution in [2.24, 2.45) is 0 Å². The first kappa shape index (κ1) is 17.3. The SMILES string of the molecule is CN1CC2(CCOCC2)N(C2CCN(C(=O)c3ccncc3)CC2)C1=O. The summed E-state index contributed by atoms with van der Waals surface area (Å²) in [5.74, 6) is 0.0523. The van der Waals surface area contributed by atoms with E-state index in [1.54, 1.807) is 24.5 Å². The van der Waals surface area contributed by atoms with E-state index in [-0.39, 0.29) is 23.5 Å². The molecule has 140 valence electrons. The lowest BCUT2D eigenvalue weighted by molar-refractivity contribution is -0.0151. The molecule has 3 aliphatic rings. The van der Waals surface area contributed by atoms with Crippen molar-refractivity contribution in [3.05, 3.63) is 30.1 Å². The molecule has 0 N–H and O–H groups in total. The Kier molecular flexibility index (Phi) is 4.56. The molecule has 0 bridgehead atoms. The van der Waals surface area contributed by atoms with Crippen LogP contribution in [0.25, 0.3) is 0 Å². The van der Waals surface area contributed by atoms with Crippen LogP contribution >= 0.6 is 0 Å². The number of nitrogens with zero attached hydrogens (tertiary/aromatic N) is 4. The third-order valence-corrected chi connectivity index (χ3v) is 6.04. The number of likely N-dealkylation sites (tertiary alicyclic amines) is 1. The molecule has 0 unspecified atom stereocenters. The Morgan fingerprint density at radius 1 is 1.19 bits per heavy atom. The van der Waals surface area contributed by atoms with Crippen molar-refractivity contribution in [3.63, 3.8) is 0 Å². The molecule has 0 aliphatic carbocycles. The first-order chi connectivity index (χ1) is 12.6. The van der Waals surface area contributed by atoms with Gasteiger partial charge in [-0.25, -0.2) is 4.79 Å². The number of hydrogen-bond acceptors (Lipinski definition) is 4. The standard InChI is InChI=1S/C19H26N4O3/c1-21-14-19(6-12-26-13-7-19)23(18(21)25)16-4-10-22(11-5-16)17(24)15-2-8-20-9-3-15/h2-3,8-9,16H,4-7,10-14H2,1H3. The van der Waals surface area contributed by atoms with E-state index in [2.05, 4.69) is 9.88 Å². The topological polar surface area (TPSA) is 66.0 Å². The lowest BCUT2D eigenvalue weighted by Gasteiger charge is -2.46. The summed E-state index contributed by atoms with van der Waals surface area (Å²) in [6.07, 6.45) is 6.76. The Bertz CT molecular complexity index is 667. The predicted molar refractivity (Wildman–Crippen MR) is 95.8 cm³/mol. The second kappa shape index (κ2) is 6.87. The summed E-state index contributed by atoms with van der Waals surface area (Å²) in [4.78, 5) is 35.3. The number of aromatic nitrogens is 1. The van der Waals surface area contributed by atoms with Gasteiger partial charge in [0.05, 0.1) is 5.54 Å². The summed E-state index contributed by atoms with van der Waals surface area (Å²) in [7, 11) is 1.89. The fourth-order valence-electron chi connectivity index (χ4n) is 4.67. The largest absolute Gasteiger partial charge is 0.381 e. The molecule has 3 saturated heterocycles. The molecule has 4 heterocycles. The number of rotatable bonds is 2. The number of urea groups is 1. The number of hydrogen-bond donors (Lipinski definition) is 0. The number of amides is 3. The number of carbonyl (C=O) groups excluding carboxylic acids is 2. The van der Waals surface area contributed by atoms with Crippen LogP contribution in [0, 0.1) is 0 Å². The van der Waals surface area contributed by atoms with E-state index >= 15 is 0 Å². The first-order valence-electron chi connectivity index (χ1n) is 9.42. The van der Waals surface area contributed by atoms with Gasteiger partial charge in [0.25, 0.3) is 5.91 Å². The van der Waals surface area contributed by atoms with Gasteiger partial charge in [0.15, 0.2) is 0 Å². The first-order valence-corrected chi connectivity index (χ1v) is 9.42. The molecule has 0 saturated carbocycles. The summed E-state index contributed by atoms with van der Waals surface area (Å²) in [5.41, 5.74) is 0.586. The van der Waals surface area contributed by atoms with Crippen LogP contribution in [0.15, 0.2) is 24.5 Å². The highest BCUT2D eigenvalue weighted by Gasteiger charge is 2.52. The highest BCUT2D eigenvalue weighted by Crippen LogP contribution is 2.38. The van der Waals surface area contributed by atoms with Crippen LogP contribution in [-0.4, -0.2) is 83.1 Å². The van der Waals surface area contributed by atoms with Crippen molar-refractivity contribution in [2.45, 2.75) is 37.3 Å². The van der Waals surface area contributed by atoms with E-state index < -0.39 is 0 Å². The van der Waals surface area contributed by atoms with Gasteiger partial charge in [0.2, 0.25) is 0 Å². The van der Waals surface area contributed by atoms with Crippen molar-refractivity contribution >= 4 is 11.9 Å². The van der Waals surface area contributed by atoms with E-state index in [0.29, 0.717) is 18.7 Å². The molecular weight excluding hydrogens is 332 g/mol. The number of likely N-dealkylation sites (N-methyl/N-ethyl adjacent to an activating group) is 1. The van der Waals surface area contributed by atoms with Crippen LogP contribution in [-0.2, 0) is 4.74 Å². The minimum absolute atomic E-state index is 0.0523. The number of pyridine rings is 1. The monoisotopic (exact) mass is 358 g/mol. The highest BCUT2D eigenvalue weighted by molar-refractivity contribution is 5.94. The summed E-state index contributed by atoms with van der Waals surface area (Å²) in [6, 6.07) is 3.84. The second-order valence-electron chi connectivity index (χ2n) is 7.60. The molecule has 26 heavy (non-hydrogen) atoms. The van der Waals surface area contributed by atoms with Crippen LogP contribution in [0.3, 0.4) is 0 Å². The molecule has 0 aromatic carbocycles. The summed E-state index contributed by atoms with van der Waals surface area (Å²) >= 11 is 0. The molecule has 1 spiro atoms. The number of ether oxygens (including phenoxy) is 1. The molecule has 1 aromatic heterocycles. The van der Waals surface area contributed by atoms with Crippen molar-refractivity contribution in [3.8, 4) is 0 Å². The molecular formula is C19H26N4O3. The quantitative estimate of drug-likeness (QED) is 0.806. The molecule has 4 rings (SSSR count). The smallest absolute Gasteiger partial charge is 0.320 e. The second-order valence-corrected chi connectivity index (χ2v) is 7.60. The normalized spacial score (nSPS) is 23.7. The van der Waals surface area contributed by atoms with Crippen LogP contribution in [0.1, 0.15) is 36.0 Å². The Labute approximate surface area is 153 Å². The molecule has 3 fully saturated rings. The predicted octanol–water partition coefficient (Wildman–Crippen LogP) is 1.60. The zero-order valence-electron chi connectivity index (χ0n) is 15.3. The van der Waals surface area contributed by atoms with E-state index in [0.717, 1.165) is 45.4 Å². The van der Waals surface area contributed by atoms with E-state index in [9.17, 15) is 9.59 Å². The Morgan fingerprint density at radius 3 is 2.50 bits per heavy atom. The average Bonchev–Trinajstić information content (AvgIpc) is 2.92. The summed E-state index contributed by atoms with van der Waals surface area (Å²) in [6.45, 7) is 3.59. The van der Waals surface area contributed by atoms with Gasteiger partial charge >= 0.3 is 6.03 Å². The third-order valence-electron chi connectivity index (χ3n) is 6.04. The van der Waals surface area contributed by atoms with Crippen molar-refractivity contribution in [1.29, 1.82) is 0 Å². The van der Waals surface area contributed by atoms with Crippen molar-refractivity contribution in [1.82, 2.24) is 19.7 Å². The zero-order chi connectivity index (χ0) is 18.1. The minimum atomic E-state index is -0.0912. The highest BCUT2D eigenvalue weighted by atomic mass is 16.5. The van der Waals surface area contributed by atoms with Crippen LogP contribution in [0.4, 0.5) is 4.79 Å². The van der Waals surface area contributed by atoms with Gasteiger partial charge in [-0.15, -0.1) is 0 Å². The van der Waals surface area contributed by atoms with Gasteiger partial charge in [0.1, 0.15) is 0 Å². The van der Waals surface area contributed by atoms with Crippen LogP contribution in [0.5, 0.6) is 0 Å². The maximum atomic E-state index is 12.8. The maximum absolute atomic E-state index is 12.8. The minimum Gasteiger partial charge on any atom is -0.381 e. The third kappa shape index (κ3) is 2.94. The van der Waals surface area contributed by atoms with Crippen molar-refractivity contribution in [2.75, 3.05) is 39.9 Å². The van der Waals surface area contributed by atoms with Gasteiger partial charge in [-0.3, -0.25) is 9.78 Å². The van der Waals surface area contributed by atoms with Crippen LogP contribution in [0.2, 0.25) is 0 Å². The Hall–Kier alpha value is -2.15. The molecule has 3 aliphatic heterocycles. The summed E-state index contributed by atoms with van der Waals surface area (Å²) < 4.78 is 5.55. The molecule has 7 nitrogen and oxygen atoms in total. The van der Waals surface area contributed by atoms with Crippen molar-refractivity contribution < 1.29 is 14.3 Å². The van der Waals surface area contributed by atoms with Crippen LogP contribution < -0.4 is 0 Å². The molecule has 7 heteroatoms. The molecule has 0 radical (unpaired) electrons. The number of carbonyl (C=O) groups is 2. The molecule has 3 amide bonds. The molecule has 0 atom stereocenters. The molecule has 1 aromatic rings. The summed E-state index contributed by atoms with van der Waals surface area (Å²) in [5, 5.41) is 0. The number of piperidine rings is 1. The maximum Gasteiger partial charge on any atom is 0.320 e.